The second-order valence-electron chi connectivity index (χ2n) is 4.85. The molecule has 0 aliphatic heterocycles. The van der Waals surface area contributed by atoms with Crippen molar-refractivity contribution in [3.63, 3.8) is 0 Å². The van der Waals surface area contributed by atoms with Gasteiger partial charge in [-0.15, -0.1) is 11.3 Å². The van der Waals surface area contributed by atoms with Crippen LogP contribution in [0.4, 0.5) is 5.69 Å². The molecule has 0 atom stereocenters. The zero-order valence-electron chi connectivity index (χ0n) is 12.8. The van der Waals surface area contributed by atoms with Gasteiger partial charge in [0.1, 0.15) is 5.01 Å². The Labute approximate surface area is 152 Å². The van der Waals surface area contributed by atoms with Gasteiger partial charge in [-0.3, -0.25) is 4.79 Å². The molecule has 0 unspecified atom stereocenters. The largest absolute Gasteiger partial charge is 0.452 e. The van der Waals surface area contributed by atoms with Gasteiger partial charge in [0, 0.05) is 12.3 Å². The van der Waals surface area contributed by atoms with Crippen molar-refractivity contribution in [3.8, 4) is 0 Å². The summed E-state index contributed by atoms with van der Waals surface area (Å²) in [6, 6.07) is 10.9. The standard InChI is InChI=1S/C17H12ClN3O3S/c18-17-12(5-3-9-19-17)20-14(22)10-24-16(23)8-7-15-21-11-4-1-2-6-13(11)25-15/h1-9H,10H2,(H,20,22). The Balaban J connectivity index is 1.52. The summed E-state index contributed by atoms with van der Waals surface area (Å²) in [5.41, 5.74) is 1.23. The summed E-state index contributed by atoms with van der Waals surface area (Å²) in [6.07, 6.45) is 4.30. The van der Waals surface area contributed by atoms with Crippen LogP contribution in [-0.2, 0) is 14.3 Å². The Morgan fingerprint density at radius 3 is 2.88 bits per heavy atom. The third kappa shape index (κ3) is 4.62. The fourth-order valence-electron chi connectivity index (χ4n) is 1.95. The second-order valence-corrected chi connectivity index (χ2v) is 6.27. The van der Waals surface area contributed by atoms with Crippen LogP contribution in [0.5, 0.6) is 0 Å². The van der Waals surface area contributed by atoms with Crippen LogP contribution in [0, 0.1) is 0 Å². The number of hydrogen-bond acceptors (Lipinski definition) is 6. The minimum atomic E-state index is -0.633. The van der Waals surface area contributed by atoms with E-state index in [0.29, 0.717) is 10.7 Å². The van der Waals surface area contributed by atoms with Crippen molar-refractivity contribution < 1.29 is 14.3 Å². The van der Waals surface area contributed by atoms with Crippen LogP contribution >= 0.6 is 22.9 Å². The monoisotopic (exact) mass is 373 g/mol. The van der Waals surface area contributed by atoms with E-state index in [1.165, 1.54) is 23.6 Å². The van der Waals surface area contributed by atoms with Crippen molar-refractivity contribution >= 4 is 56.8 Å². The molecule has 1 amide bonds. The molecule has 25 heavy (non-hydrogen) atoms. The highest BCUT2D eigenvalue weighted by Gasteiger charge is 2.08. The predicted molar refractivity (Wildman–Crippen MR) is 97.5 cm³/mol. The van der Waals surface area contributed by atoms with Crippen LogP contribution in [0.15, 0.2) is 48.7 Å². The summed E-state index contributed by atoms with van der Waals surface area (Å²) in [6.45, 7) is -0.422. The van der Waals surface area contributed by atoms with Crippen LogP contribution in [-0.4, -0.2) is 28.5 Å². The number of para-hydroxylation sites is 1. The first-order chi connectivity index (χ1) is 12.1. The van der Waals surface area contributed by atoms with Crippen molar-refractivity contribution in [2.75, 3.05) is 11.9 Å². The Kier molecular flexibility index (Phi) is 5.37. The van der Waals surface area contributed by atoms with Gasteiger partial charge >= 0.3 is 5.97 Å². The molecule has 1 aromatic carbocycles. The van der Waals surface area contributed by atoms with E-state index in [4.69, 9.17) is 16.3 Å². The molecule has 0 bridgehead atoms. The molecular formula is C17H12ClN3O3S. The molecule has 3 rings (SSSR count). The number of amides is 1. The van der Waals surface area contributed by atoms with E-state index in [1.807, 2.05) is 24.3 Å². The van der Waals surface area contributed by atoms with E-state index in [2.05, 4.69) is 15.3 Å². The van der Waals surface area contributed by atoms with Crippen LogP contribution in [0.3, 0.4) is 0 Å². The van der Waals surface area contributed by atoms with Gasteiger partial charge in [0.05, 0.1) is 15.9 Å². The Morgan fingerprint density at radius 2 is 2.08 bits per heavy atom. The fourth-order valence-corrected chi connectivity index (χ4v) is 2.99. The Morgan fingerprint density at radius 1 is 1.24 bits per heavy atom. The minimum absolute atomic E-state index is 0.165. The molecule has 0 aliphatic rings. The lowest BCUT2D eigenvalue weighted by molar-refractivity contribution is -0.142. The summed E-state index contributed by atoms with van der Waals surface area (Å²) in [5.74, 6) is -1.14. The molecule has 0 saturated carbocycles. The number of rotatable bonds is 5. The molecule has 126 valence electrons. The number of hydrogen-bond donors (Lipinski definition) is 1. The number of anilines is 1. The molecule has 0 spiro atoms. The average Bonchev–Trinajstić information content (AvgIpc) is 3.03. The Hall–Kier alpha value is -2.77. The highest BCUT2D eigenvalue weighted by Crippen LogP contribution is 2.22. The van der Waals surface area contributed by atoms with Crippen molar-refractivity contribution in [1.82, 2.24) is 9.97 Å². The molecular weight excluding hydrogens is 362 g/mol. The third-order valence-electron chi connectivity index (χ3n) is 3.05. The Bertz CT molecular complexity index is 922. The first-order valence-corrected chi connectivity index (χ1v) is 8.42. The number of carbonyl (C=O) groups excluding carboxylic acids is 2. The van der Waals surface area contributed by atoms with Crippen LogP contribution in [0.25, 0.3) is 16.3 Å². The van der Waals surface area contributed by atoms with E-state index < -0.39 is 18.5 Å². The summed E-state index contributed by atoms with van der Waals surface area (Å²) in [5, 5.41) is 3.36. The lowest BCUT2D eigenvalue weighted by Crippen LogP contribution is -2.20. The molecule has 0 fully saturated rings. The van der Waals surface area contributed by atoms with Crippen molar-refractivity contribution in [2.24, 2.45) is 0 Å². The number of nitrogens with zero attached hydrogens (tertiary/aromatic N) is 2. The molecule has 0 radical (unpaired) electrons. The number of aromatic nitrogens is 2. The molecule has 8 heteroatoms. The second kappa shape index (κ2) is 7.87. The minimum Gasteiger partial charge on any atom is -0.452 e. The maximum Gasteiger partial charge on any atom is 0.331 e. The number of esters is 1. The van der Waals surface area contributed by atoms with Gasteiger partial charge in [0.15, 0.2) is 11.8 Å². The number of carbonyl (C=O) groups is 2. The van der Waals surface area contributed by atoms with Crippen molar-refractivity contribution in [1.29, 1.82) is 0 Å². The van der Waals surface area contributed by atoms with Crippen LogP contribution in [0.2, 0.25) is 5.15 Å². The van der Waals surface area contributed by atoms with Crippen LogP contribution < -0.4 is 5.32 Å². The first-order valence-electron chi connectivity index (χ1n) is 7.22. The van der Waals surface area contributed by atoms with Gasteiger partial charge in [-0.05, 0) is 30.3 Å². The normalized spacial score (nSPS) is 10.9. The van der Waals surface area contributed by atoms with E-state index in [1.54, 1.807) is 18.2 Å². The zero-order chi connectivity index (χ0) is 17.6. The maximum absolute atomic E-state index is 11.8. The van der Waals surface area contributed by atoms with Gasteiger partial charge < -0.3 is 10.1 Å². The first kappa shape index (κ1) is 17.1. The topological polar surface area (TPSA) is 81.2 Å². The van der Waals surface area contributed by atoms with Gasteiger partial charge in [-0.25, -0.2) is 14.8 Å². The number of thiazole rings is 1. The SMILES string of the molecule is O=C(COC(=O)C=Cc1nc2ccccc2s1)Nc1cccnc1Cl. The van der Waals surface area contributed by atoms with E-state index in [-0.39, 0.29) is 5.15 Å². The van der Waals surface area contributed by atoms with Crippen molar-refractivity contribution in [3.05, 3.63) is 58.8 Å². The number of benzene rings is 1. The molecule has 2 aromatic heterocycles. The van der Waals surface area contributed by atoms with Gasteiger partial charge in [-0.1, -0.05) is 23.7 Å². The number of nitrogens with one attached hydrogen (secondary N) is 1. The lowest BCUT2D eigenvalue weighted by Gasteiger charge is -2.06. The third-order valence-corrected chi connectivity index (χ3v) is 4.35. The molecule has 6 nitrogen and oxygen atoms in total. The number of fused-ring (bicyclic) bond motifs is 1. The smallest absolute Gasteiger partial charge is 0.331 e. The van der Waals surface area contributed by atoms with E-state index in [0.717, 1.165) is 10.2 Å². The highest BCUT2D eigenvalue weighted by molar-refractivity contribution is 7.19. The van der Waals surface area contributed by atoms with Gasteiger partial charge in [0.2, 0.25) is 0 Å². The zero-order valence-corrected chi connectivity index (χ0v) is 14.4. The number of halogens is 1. The quantitative estimate of drug-likeness (QED) is 0.420. The van der Waals surface area contributed by atoms with Crippen molar-refractivity contribution in [2.45, 2.75) is 0 Å². The summed E-state index contributed by atoms with van der Waals surface area (Å²) in [7, 11) is 0. The molecule has 1 N–H and O–H groups in total. The predicted octanol–water partition coefficient (Wildman–Crippen LogP) is 3.54. The maximum atomic E-state index is 11.8. The average molecular weight is 374 g/mol. The van der Waals surface area contributed by atoms with Gasteiger partial charge in [-0.2, -0.15) is 0 Å². The molecule has 2 heterocycles. The summed E-state index contributed by atoms with van der Waals surface area (Å²) in [4.78, 5) is 31.7. The van der Waals surface area contributed by atoms with Gasteiger partial charge in [0.25, 0.3) is 5.91 Å². The molecule has 0 saturated heterocycles. The van der Waals surface area contributed by atoms with E-state index in [9.17, 15) is 9.59 Å². The van der Waals surface area contributed by atoms with E-state index >= 15 is 0 Å². The lowest BCUT2D eigenvalue weighted by atomic mass is 10.3. The summed E-state index contributed by atoms with van der Waals surface area (Å²) < 4.78 is 5.92. The number of pyridine rings is 1. The van der Waals surface area contributed by atoms with Crippen LogP contribution in [0.1, 0.15) is 5.01 Å². The molecule has 0 aliphatic carbocycles. The fraction of sp³-hybridized carbons (Fsp3) is 0.0588. The highest BCUT2D eigenvalue weighted by atomic mass is 35.5. The summed E-state index contributed by atoms with van der Waals surface area (Å²) >= 11 is 7.29. The molecule has 3 aromatic rings. The number of ether oxygens (including phenoxy) is 1.